The Morgan fingerprint density at radius 2 is 1.83 bits per heavy atom. The molecule has 0 amide bonds. The number of para-hydroxylation sites is 1. The average Bonchev–Trinajstić information content (AvgIpc) is 3.86. The third-order valence-electron chi connectivity index (χ3n) is 16.2. The van der Waals surface area contributed by atoms with E-state index in [0.717, 1.165) is 113 Å². The van der Waals surface area contributed by atoms with Gasteiger partial charge in [-0.05, 0) is 128 Å². The van der Waals surface area contributed by atoms with Crippen molar-refractivity contribution < 1.29 is 34.0 Å². The maximum absolute atomic E-state index is 12.8. The van der Waals surface area contributed by atoms with E-state index in [0.29, 0.717) is 42.1 Å². The monoisotopic (exact) mass is 940 g/mol. The molecule has 70 heavy (non-hydrogen) atoms. The molecule has 11 heteroatoms. The predicted octanol–water partition coefficient (Wildman–Crippen LogP) is 10.6. The van der Waals surface area contributed by atoms with E-state index in [1.807, 2.05) is 12.1 Å². The van der Waals surface area contributed by atoms with Crippen molar-refractivity contribution in [3.8, 4) is 51.7 Å². The van der Waals surface area contributed by atoms with E-state index in [2.05, 4.69) is 84.0 Å². The lowest BCUT2D eigenvalue weighted by Gasteiger charge is -2.39. The molecule has 6 N–H and O–H groups in total. The molecule has 4 bridgehead atoms. The minimum Gasteiger partial charge on any atom is -0.508 e. The summed E-state index contributed by atoms with van der Waals surface area (Å²) < 4.78 is 26.3. The van der Waals surface area contributed by atoms with Gasteiger partial charge < -0.3 is 45.5 Å². The Morgan fingerprint density at radius 1 is 0.986 bits per heavy atom. The number of aromatic nitrogens is 1. The van der Waals surface area contributed by atoms with Crippen LogP contribution in [0.1, 0.15) is 140 Å². The number of hydrogen-bond donors (Lipinski definition) is 5. The van der Waals surface area contributed by atoms with Gasteiger partial charge in [0.15, 0.2) is 11.5 Å². The number of pyridine rings is 1. The molecule has 1 spiro atoms. The van der Waals surface area contributed by atoms with E-state index in [9.17, 15) is 15.0 Å². The van der Waals surface area contributed by atoms with Crippen molar-refractivity contribution in [1.82, 2.24) is 10.3 Å². The van der Waals surface area contributed by atoms with Crippen molar-refractivity contribution in [3.63, 3.8) is 0 Å². The molecule has 6 aliphatic rings. The average molecular weight is 941 g/mol. The van der Waals surface area contributed by atoms with Crippen molar-refractivity contribution in [1.29, 1.82) is 0 Å². The summed E-state index contributed by atoms with van der Waals surface area (Å²) in [6.07, 6.45) is 14.8. The van der Waals surface area contributed by atoms with Crippen LogP contribution in [0.2, 0.25) is 0 Å². The quantitative estimate of drug-likeness (QED) is 0.0671. The summed E-state index contributed by atoms with van der Waals surface area (Å²) >= 11 is 0. The van der Waals surface area contributed by atoms with Crippen molar-refractivity contribution in [3.05, 3.63) is 123 Å². The second-order valence-electron chi connectivity index (χ2n) is 20.5. The van der Waals surface area contributed by atoms with Gasteiger partial charge in [0.2, 0.25) is 0 Å². The Balaban J connectivity index is 1.13. The normalized spacial score (nSPS) is 23.8. The van der Waals surface area contributed by atoms with Gasteiger partial charge in [-0.2, -0.15) is 0 Å². The van der Waals surface area contributed by atoms with Crippen LogP contribution in [-0.4, -0.2) is 60.1 Å². The highest BCUT2D eigenvalue weighted by atomic mass is 16.5. The highest BCUT2D eigenvalue weighted by Gasteiger charge is 2.52. The van der Waals surface area contributed by atoms with E-state index >= 15 is 0 Å². The zero-order valence-electron chi connectivity index (χ0n) is 40.5. The number of ether oxygens (including phenoxy) is 4. The van der Waals surface area contributed by atoms with Gasteiger partial charge in [-0.25, -0.2) is 4.98 Å². The van der Waals surface area contributed by atoms with Crippen LogP contribution in [0.15, 0.2) is 72.8 Å². The number of rotatable bonds is 10. The number of carbonyl (C=O) groups is 1. The molecule has 2 saturated carbocycles. The fourth-order valence-corrected chi connectivity index (χ4v) is 13.2. The first-order valence-electron chi connectivity index (χ1n) is 25.5. The van der Waals surface area contributed by atoms with E-state index < -0.39 is 17.4 Å². The number of nitrogen functional groups attached to an aromatic ring is 1. The Bertz CT molecular complexity index is 2950. The Kier molecular flexibility index (Phi) is 12.4. The van der Waals surface area contributed by atoms with Crippen LogP contribution < -0.4 is 30.6 Å². The Morgan fingerprint density at radius 3 is 2.66 bits per heavy atom. The molecule has 3 aliphatic heterocycles. The number of aromatic hydroxyl groups is 2. The van der Waals surface area contributed by atoms with E-state index in [1.54, 1.807) is 19.2 Å². The summed E-state index contributed by atoms with van der Waals surface area (Å²) in [7, 11) is 1.66. The molecule has 4 aromatic carbocycles. The smallest absolute Gasteiger partial charge is 0.302 e. The number of esters is 1. The number of nitrogens with one attached hydrogen (secondary N) is 2. The molecule has 0 radical (unpaired) electrons. The van der Waals surface area contributed by atoms with Crippen molar-refractivity contribution >= 4 is 23.6 Å². The molecule has 11 rings (SSSR count). The van der Waals surface area contributed by atoms with E-state index in [1.165, 1.54) is 31.7 Å². The van der Waals surface area contributed by atoms with Gasteiger partial charge in [-0.15, -0.1) is 0 Å². The summed E-state index contributed by atoms with van der Waals surface area (Å²) in [5.74, 6) is 8.98. The minimum absolute atomic E-state index is 0.0322. The highest BCUT2D eigenvalue weighted by Crippen LogP contribution is 2.64. The Labute approximate surface area is 411 Å². The molecular weight excluding hydrogens is 877 g/mol. The van der Waals surface area contributed by atoms with Crippen LogP contribution in [0.3, 0.4) is 0 Å². The van der Waals surface area contributed by atoms with Crippen molar-refractivity contribution in [2.24, 2.45) is 5.92 Å². The first-order valence-corrected chi connectivity index (χ1v) is 25.5. The molecule has 0 saturated heterocycles. The number of carbonyl (C=O) groups excluding carboxylic acids is 1. The molecule has 2 fully saturated rings. The molecule has 362 valence electrons. The van der Waals surface area contributed by atoms with Gasteiger partial charge in [0, 0.05) is 70.9 Å². The third kappa shape index (κ3) is 8.38. The summed E-state index contributed by atoms with van der Waals surface area (Å²) in [6, 6.07) is 22.7. The lowest BCUT2D eigenvalue weighted by molar-refractivity contribution is -0.141. The maximum atomic E-state index is 12.8. The second kappa shape index (κ2) is 18.9. The van der Waals surface area contributed by atoms with Gasteiger partial charge in [0.05, 0.1) is 19.1 Å². The number of nitrogens with zero attached hydrogens (tertiary/aromatic N) is 1. The van der Waals surface area contributed by atoms with Crippen LogP contribution in [0.4, 0.5) is 11.5 Å². The number of methoxy groups -OCH3 is 1. The standard InChI is InChI=1S/C59H64N4O7/c1-4-61-48-15-9-8-11-35(48)17-19-42-37-25-26-59(30-37)31-38-27-41(65)29-51(67-3)53(38)45-22-21-44-47(33-68-34(2)64)57(70-58(44)55(45)59)54-36(12-10-16-49-43(42)23-24-52(60)63-49)28-50(66)56-46(54)20-18-40(32-69-56)62-39-13-6-5-7-14-39/h8-9,11,15,18,20-24,27-29,37,39-40,42,47,57,61-62,65-66H,4-7,12-14,17,19,25-26,30-33H2,1-3H3,(H2,60,63)/t37-,40+,42-,47-,57-,59+/m0/s1. The second-order valence-corrected chi connectivity index (χ2v) is 20.5. The molecule has 4 heterocycles. The van der Waals surface area contributed by atoms with Crippen LogP contribution in [-0.2, 0) is 34.2 Å². The first-order chi connectivity index (χ1) is 34.1. The number of phenolic OH excluding ortho intramolecular Hbond substituents is 2. The number of nitrogens with two attached hydrogens (primary N) is 1. The number of anilines is 2. The summed E-state index contributed by atoms with van der Waals surface area (Å²) in [6.45, 7) is 4.84. The minimum atomic E-state index is -0.642. The fraction of sp³-hybridized carbons (Fsp3) is 0.424. The summed E-state index contributed by atoms with van der Waals surface area (Å²) in [4.78, 5) is 17.8. The van der Waals surface area contributed by atoms with Gasteiger partial charge in [0.25, 0.3) is 0 Å². The molecular formula is C59H64N4O7. The molecule has 5 aromatic rings. The lowest BCUT2D eigenvalue weighted by atomic mass is 9.64. The number of hydrogen-bond acceptors (Lipinski definition) is 11. The molecule has 1 aromatic heterocycles. The predicted molar refractivity (Wildman–Crippen MR) is 273 cm³/mol. The fourth-order valence-electron chi connectivity index (χ4n) is 13.2. The topological polar surface area (TPSA) is 157 Å². The van der Waals surface area contributed by atoms with E-state index in [4.69, 9.17) is 29.7 Å². The highest BCUT2D eigenvalue weighted by molar-refractivity contribution is 5.84. The molecule has 6 atom stereocenters. The molecule has 11 nitrogen and oxygen atoms in total. The maximum Gasteiger partial charge on any atom is 0.302 e. The zero-order chi connectivity index (χ0) is 48.1. The first kappa shape index (κ1) is 45.8. The number of benzene rings is 4. The lowest BCUT2D eigenvalue weighted by Crippen LogP contribution is -2.41. The van der Waals surface area contributed by atoms with Gasteiger partial charge in [-0.1, -0.05) is 73.7 Å². The number of phenols is 2. The Hall–Kier alpha value is -6.64. The van der Waals surface area contributed by atoms with Crippen LogP contribution in [0, 0.1) is 17.8 Å². The van der Waals surface area contributed by atoms with Gasteiger partial charge in [0.1, 0.15) is 48.1 Å². The van der Waals surface area contributed by atoms with Gasteiger partial charge >= 0.3 is 5.97 Å². The van der Waals surface area contributed by atoms with Crippen LogP contribution in [0.25, 0.3) is 17.2 Å². The van der Waals surface area contributed by atoms with Crippen LogP contribution in [0.5, 0.6) is 28.7 Å². The zero-order valence-corrected chi connectivity index (χ0v) is 40.5. The van der Waals surface area contributed by atoms with E-state index in [-0.39, 0.29) is 48.4 Å². The largest absolute Gasteiger partial charge is 0.508 e. The number of aryl methyl sites for hydroxylation is 1. The number of fused-ring (bicyclic) bond motifs is 9. The SMILES string of the molecule is CCNc1ccccc1CC[C@@H]1c2ccc(N)nc2C#CCc2cc(O)c3c(c2[C@H]2Oc4c(ccc5c4[C@@]4(CC[C@H]1C4)Cc1cc(O)cc(OC)c1-5)[C@@H]2COC(C)=O)C=C[C@@H](NC1CCCCC1)CO3. The van der Waals surface area contributed by atoms with Crippen molar-refractivity contribution in [2.45, 2.75) is 126 Å². The van der Waals surface area contributed by atoms with Gasteiger partial charge in [-0.3, -0.25) is 4.79 Å². The van der Waals surface area contributed by atoms with Crippen molar-refractivity contribution in [2.75, 3.05) is 37.9 Å². The third-order valence-corrected chi connectivity index (χ3v) is 16.2. The molecule has 0 unspecified atom stereocenters. The summed E-state index contributed by atoms with van der Waals surface area (Å²) in [5, 5.41) is 30.6. The van der Waals surface area contributed by atoms with Crippen LogP contribution >= 0.6 is 0 Å². The molecule has 3 aliphatic carbocycles. The summed E-state index contributed by atoms with van der Waals surface area (Å²) in [5.41, 5.74) is 17.8.